The van der Waals surface area contributed by atoms with E-state index in [-0.39, 0.29) is 47.5 Å². The maximum absolute atomic E-state index is 13.4. The molecule has 2 bridgehead atoms. The van der Waals surface area contributed by atoms with Gasteiger partial charge in [0.1, 0.15) is 5.82 Å². The number of hydrogen-bond donors (Lipinski definition) is 2. The topological polar surface area (TPSA) is 75.6 Å². The fourth-order valence-corrected chi connectivity index (χ4v) is 5.03. The number of fused-ring (bicyclic) bond motifs is 2. The van der Waals surface area contributed by atoms with Crippen molar-refractivity contribution in [2.75, 3.05) is 6.61 Å². The fraction of sp³-hybridized carbons (Fsp3) is 0.600. The molecule has 6 atom stereocenters. The average molecular weight is 361 g/mol. The van der Waals surface area contributed by atoms with Gasteiger partial charge in [-0.3, -0.25) is 9.59 Å². The molecule has 26 heavy (non-hydrogen) atoms. The van der Waals surface area contributed by atoms with E-state index in [1.54, 1.807) is 6.07 Å². The maximum atomic E-state index is 13.4. The van der Waals surface area contributed by atoms with Gasteiger partial charge in [-0.1, -0.05) is 12.1 Å². The maximum Gasteiger partial charge on any atom is 0.306 e. The Hall–Kier alpha value is -1.95. The minimum atomic E-state index is -0.704. The monoisotopic (exact) mass is 361 g/mol. The normalized spacial score (nSPS) is 36.0. The number of nitrogens with one attached hydrogen (secondary N) is 1. The predicted octanol–water partition coefficient (Wildman–Crippen LogP) is 2.91. The molecule has 1 heterocycles. The number of carbonyl (C=O) groups is 2. The Morgan fingerprint density at radius 1 is 1.15 bits per heavy atom. The lowest BCUT2D eigenvalue weighted by molar-refractivity contribution is -0.143. The summed E-state index contributed by atoms with van der Waals surface area (Å²) in [6, 6.07) is 6.45. The van der Waals surface area contributed by atoms with Crippen LogP contribution in [0, 0.1) is 29.5 Å². The van der Waals surface area contributed by atoms with Crippen LogP contribution in [-0.2, 0) is 14.3 Å². The smallest absolute Gasteiger partial charge is 0.306 e. The van der Waals surface area contributed by atoms with Crippen LogP contribution in [0.5, 0.6) is 0 Å². The Balaban J connectivity index is 1.35. The standard InChI is InChI=1S/C20H24FNO4/c21-15-3-1-2-11(7-15)18-10-12(4-5-26-18)19(23)22-17-9-13-6-14(17)8-16(13)20(24)25/h1-3,7,12-14,16-18H,4-6,8-10H2,(H,22,23)(H,24,25)/t12-,13-,14-,16-,17-,18+/m1/s1. The average Bonchev–Trinajstić information content (AvgIpc) is 3.22. The minimum absolute atomic E-state index is 0.0270. The lowest BCUT2D eigenvalue weighted by Crippen LogP contribution is -2.44. The highest BCUT2D eigenvalue weighted by atomic mass is 19.1. The molecule has 1 saturated heterocycles. The molecule has 3 aliphatic rings. The largest absolute Gasteiger partial charge is 0.481 e. The Bertz CT molecular complexity index is 709. The SMILES string of the molecule is O=C(N[C@@H]1C[C@H]2C[C@@H]1C[C@H]2C(=O)O)[C@@H]1CCO[C@H](c2cccc(F)c2)C1. The zero-order valence-corrected chi connectivity index (χ0v) is 14.6. The summed E-state index contributed by atoms with van der Waals surface area (Å²) in [4.78, 5) is 24.0. The van der Waals surface area contributed by atoms with E-state index >= 15 is 0 Å². The third kappa shape index (κ3) is 3.34. The molecule has 1 aliphatic heterocycles. The summed E-state index contributed by atoms with van der Waals surface area (Å²) in [7, 11) is 0. The summed E-state index contributed by atoms with van der Waals surface area (Å²) < 4.78 is 19.2. The van der Waals surface area contributed by atoms with E-state index in [4.69, 9.17) is 4.74 Å². The summed E-state index contributed by atoms with van der Waals surface area (Å²) in [5, 5.41) is 12.4. The molecular weight excluding hydrogens is 337 g/mol. The first-order valence-corrected chi connectivity index (χ1v) is 9.41. The van der Waals surface area contributed by atoms with Gasteiger partial charge in [-0.2, -0.15) is 0 Å². The summed E-state index contributed by atoms with van der Waals surface area (Å²) >= 11 is 0. The van der Waals surface area contributed by atoms with Crippen molar-refractivity contribution in [2.24, 2.45) is 23.7 Å². The van der Waals surface area contributed by atoms with E-state index in [1.165, 1.54) is 12.1 Å². The molecule has 4 rings (SSSR count). The molecule has 1 aromatic carbocycles. The molecule has 2 N–H and O–H groups in total. The van der Waals surface area contributed by atoms with E-state index in [1.807, 2.05) is 6.07 Å². The number of benzene rings is 1. The van der Waals surface area contributed by atoms with Gasteiger partial charge < -0.3 is 15.2 Å². The Morgan fingerprint density at radius 3 is 2.69 bits per heavy atom. The van der Waals surface area contributed by atoms with Crippen LogP contribution in [-0.4, -0.2) is 29.6 Å². The second kappa shape index (κ2) is 6.99. The van der Waals surface area contributed by atoms with Crippen LogP contribution in [0.2, 0.25) is 0 Å². The lowest BCUT2D eigenvalue weighted by Gasteiger charge is -2.32. The van der Waals surface area contributed by atoms with Gasteiger partial charge in [0.05, 0.1) is 12.0 Å². The highest BCUT2D eigenvalue weighted by Crippen LogP contribution is 2.48. The molecule has 2 aliphatic carbocycles. The van der Waals surface area contributed by atoms with E-state index < -0.39 is 5.97 Å². The number of amides is 1. The molecule has 140 valence electrons. The van der Waals surface area contributed by atoms with Crippen molar-refractivity contribution in [2.45, 2.75) is 44.2 Å². The van der Waals surface area contributed by atoms with Gasteiger partial charge >= 0.3 is 5.97 Å². The number of rotatable bonds is 4. The van der Waals surface area contributed by atoms with E-state index in [0.717, 1.165) is 18.4 Å². The number of carbonyl (C=O) groups excluding carboxylic acids is 1. The van der Waals surface area contributed by atoms with Gasteiger partial charge in [0.15, 0.2) is 0 Å². The van der Waals surface area contributed by atoms with Crippen LogP contribution >= 0.6 is 0 Å². The van der Waals surface area contributed by atoms with Crippen molar-refractivity contribution in [1.82, 2.24) is 5.32 Å². The highest BCUT2D eigenvalue weighted by molar-refractivity contribution is 5.79. The first-order valence-electron chi connectivity index (χ1n) is 9.41. The Morgan fingerprint density at radius 2 is 2.00 bits per heavy atom. The molecule has 3 fully saturated rings. The molecule has 1 amide bonds. The summed E-state index contributed by atoms with van der Waals surface area (Å²) in [5.41, 5.74) is 0.770. The van der Waals surface area contributed by atoms with Crippen molar-refractivity contribution in [3.8, 4) is 0 Å². The lowest BCUT2D eigenvalue weighted by atomic mass is 9.85. The van der Waals surface area contributed by atoms with E-state index in [2.05, 4.69) is 5.32 Å². The van der Waals surface area contributed by atoms with Gasteiger partial charge in [-0.15, -0.1) is 0 Å². The van der Waals surface area contributed by atoms with Crippen molar-refractivity contribution in [1.29, 1.82) is 0 Å². The predicted molar refractivity (Wildman–Crippen MR) is 91.7 cm³/mol. The first kappa shape index (κ1) is 17.5. The van der Waals surface area contributed by atoms with Crippen molar-refractivity contribution >= 4 is 11.9 Å². The molecule has 1 aromatic rings. The molecule has 2 saturated carbocycles. The van der Waals surface area contributed by atoms with Crippen molar-refractivity contribution < 1.29 is 23.8 Å². The number of carboxylic acid groups (broad SMARTS) is 1. The van der Waals surface area contributed by atoms with Crippen LogP contribution in [0.3, 0.4) is 0 Å². The van der Waals surface area contributed by atoms with Gasteiger partial charge in [-0.25, -0.2) is 4.39 Å². The van der Waals surface area contributed by atoms with Crippen LogP contribution < -0.4 is 5.32 Å². The number of ether oxygens (including phenoxy) is 1. The van der Waals surface area contributed by atoms with Crippen LogP contribution in [0.4, 0.5) is 4.39 Å². The van der Waals surface area contributed by atoms with Crippen LogP contribution in [0.15, 0.2) is 24.3 Å². The van der Waals surface area contributed by atoms with Crippen LogP contribution in [0.1, 0.15) is 43.8 Å². The minimum Gasteiger partial charge on any atom is -0.481 e. The zero-order chi connectivity index (χ0) is 18.3. The molecule has 0 aromatic heterocycles. The van der Waals surface area contributed by atoms with E-state index in [9.17, 15) is 19.1 Å². The van der Waals surface area contributed by atoms with Gasteiger partial charge in [0, 0.05) is 18.6 Å². The second-order valence-corrected chi connectivity index (χ2v) is 7.92. The molecule has 5 nitrogen and oxygen atoms in total. The second-order valence-electron chi connectivity index (χ2n) is 7.92. The van der Waals surface area contributed by atoms with E-state index in [0.29, 0.717) is 25.9 Å². The summed E-state index contributed by atoms with van der Waals surface area (Å²) in [6.45, 7) is 0.483. The summed E-state index contributed by atoms with van der Waals surface area (Å²) in [5.74, 6) is -0.891. The van der Waals surface area contributed by atoms with Gasteiger partial charge in [-0.05, 0) is 61.6 Å². The Kier molecular flexibility index (Phi) is 4.69. The van der Waals surface area contributed by atoms with Gasteiger partial charge in [0.25, 0.3) is 0 Å². The number of carboxylic acids is 1. The number of halogens is 1. The fourth-order valence-electron chi connectivity index (χ4n) is 5.03. The Labute approximate surface area is 151 Å². The van der Waals surface area contributed by atoms with Crippen molar-refractivity contribution in [3.05, 3.63) is 35.6 Å². The first-order chi connectivity index (χ1) is 12.5. The molecule has 0 radical (unpaired) electrons. The molecule has 6 heteroatoms. The number of aliphatic carboxylic acids is 1. The van der Waals surface area contributed by atoms with Gasteiger partial charge in [0.2, 0.25) is 5.91 Å². The van der Waals surface area contributed by atoms with Crippen molar-refractivity contribution in [3.63, 3.8) is 0 Å². The number of hydrogen-bond acceptors (Lipinski definition) is 3. The molecular formula is C20H24FNO4. The third-order valence-electron chi connectivity index (χ3n) is 6.38. The third-order valence-corrected chi connectivity index (χ3v) is 6.38. The summed E-state index contributed by atoms with van der Waals surface area (Å²) in [6.07, 6.45) is 3.30. The highest BCUT2D eigenvalue weighted by Gasteiger charge is 2.49. The molecule has 0 unspecified atom stereocenters. The van der Waals surface area contributed by atoms with Crippen LogP contribution in [0.25, 0.3) is 0 Å². The zero-order valence-electron chi connectivity index (χ0n) is 14.6. The molecule has 0 spiro atoms. The quantitative estimate of drug-likeness (QED) is 0.865.